The fraction of sp³-hybridized carbons (Fsp3) is 0.571. The molecule has 1 aromatic carbocycles. The summed E-state index contributed by atoms with van der Waals surface area (Å²) in [6.07, 6.45) is 0.991. The van der Waals surface area contributed by atoms with Gasteiger partial charge in [0.05, 0.1) is 18.9 Å². The maximum atomic E-state index is 13.5. The molecular weight excluding hydrogens is 247 g/mol. The Morgan fingerprint density at radius 1 is 1.32 bits per heavy atom. The molecule has 2 aliphatic rings. The Balaban J connectivity index is 1.80. The fourth-order valence-electron chi connectivity index (χ4n) is 2.53. The van der Waals surface area contributed by atoms with Crippen LogP contribution in [0.5, 0.6) is 5.75 Å². The Morgan fingerprint density at radius 3 is 2.89 bits per heavy atom. The Bertz CT molecular complexity index is 429. The van der Waals surface area contributed by atoms with E-state index in [1.165, 1.54) is 6.07 Å². The van der Waals surface area contributed by atoms with Gasteiger partial charge in [-0.25, -0.2) is 4.39 Å². The van der Waals surface area contributed by atoms with E-state index in [4.69, 9.17) is 9.47 Å². The van der Waals surface area contributed by atoms with Crippen molar-refractivity contribution in [1.82, 2.24) is 5.32 Å². The van der Waals surface area contributed by atoms with E-state index in [0.29, 0.717) is 6.61 Å². The highest BCUT2D eigenvalue weighted by atomic mass is 19.1. The van der Waals surface area contributed by atoms with Crippen LogP contribution in [0, 0.1) is 5.82 Å². The molecule has 2 fully saturated rings. The van der Waals surface area contributed by atoms with Crippen molar-refractivity contribution < 1.29 is 13.9 Å². The second kappa shape index (κ2) is 5.75. The SMILES string of the molecule is Fc1ccc(OC2CCOC2)c(N2CCNCC2)c1. The van der Waals surface area contributed by atoms with Crippen molar-refractivity contribution in [2.45, 2.75) is 12.5 Å². The molecule has 104 valence electrons. The first-order chi connectivity index (χ1) is 9.33. The number of halogens is 1. The lowest BCUT2D eigenvalue weighted by Crippen LogP contribution is -2.43. The molecule has 1 N–H and O–H groups in total. The third kappa shape index (κ3) is 2.98. The van der Waals surface area contributed by atoms with Gasteiger partial charge in [0.15, 0.2) is 0 Å². The predicted molar refractivity (Wildman–Crippen MR) is 71.3 cm³/mol. The zero-order chi connectivity index (χ0) is 13.1. The van der Waals surface area contributed by atoms with Crippen LogP contribution in [-0.2, 0) is 4.74 Å². The van der Waals surface area contributed by atoms with Crippen LogP contribution in [0.2, 0.25) is 0 Å². The number of benzene rings is 1. The van der Waals surface area contributed by atoms with Gasteiger partial charge in [-0.1, -0.05) is 0 Å². The van der Waals surface area contributed by atoms with Gasteiger partial charge in [0.2, 0.25) is 0 Å². The molecule has 3 rings (SSSR count). The van der Waals surface area contributed by atoms with Gasteiger partial charge >= 0.3 is 0 Å². The molecule has 4 nitrogen and oxygen atoms in total. The summed E-state index contributed by atoms with van der Waals surface area (Å²) in [5.74, 6) is 0.544. The molecule has 0 spiro atoms. The normalized spacial score (nSPS) is 23.6. The van der Waals surface area contributed by atoms with Gasteiger partial charge in [0.25, 0.3) is 0 Å². The van der Waals surface area contributed by atoms with E-state index in [1.54, 1.807) is 12.1 Å². The predicted octanol–water partition coefficient (Wildman–Crippen LogP) is 1.40. The zero-order valence-corrected chi connectivity index (χ0v) is 10.9. The van der Waals surface area contributed by atoms with Crippen molar-refractivity contribution in [3.8, 4) is 5.75 Å². The zero-order valence-electron chi connectivity index (χ0n) is 10.9. The highest BCUT2D eigenvalue weighted by Gasteiger charge is 2.21. The Kier molecular flexibility index (Phi) is 3.84. The lowest BCUT2D eigenvalue weighted by atomic mass is 10.2. The standard InChI is InChI=1S/C14H19FN2O2/c15-11-1-2-14(19-12-3-8-18-10-12)13(9-11)17-6-4-16-5-7-17/h1-2,9,12,16H,3-8,10H2. The summed E-state index contributed by atoms with van der Waals surface area (Å²) in [5.41, 5.74) is 0.855. The summed E-state index contributed by atoms with van der Waals surface area (Å²) in [6.45, 7) is 4.96. The van der Waals surface area contributed by atoms with E-state index in [9.17, 15) is 4.39 Å². The van der Waals surface area contributed by atoms with Crippen LogP contribution in [0.25, 0.3) is 0 Å². The molecule has 0 saturated carbocycles. The fourth-order valence-corrected chi connectivity index (χ4v) is 2.53. The maximum absolute atomic E-state index is 13.5. The van der Waals surface area contributed by atoms with Crippen molar-refractivity contribution >= 4 is 5.69 Å². The first-order valence-corrected chi connectivity index (χ1v) is 6.82. The Hall–Kier alpha value is -1.33. The molecular formula is C14H19FN2O2. The number of piperazine rings is 1. The minimum atomic E-state index is -0.219. The number of hydrogen-bond acceptors (Lipinski definition) is 4. The van der Waals surface area contributed by atoms with E-state index >= 15 is 0 Å². The number of nitrogens with one attached hydrogen (secondary N) is 1. The van der Waals surface area contributed by atoms with Crippen molar-refractivity contribution in [3.63, 3.8) is 0 Å². The quantitative estimate of drug-likeness (QED) is 0.897. The minimum Gasteiger partial charge on any atom is -0.486 e. The van der Waals surface area contributed by atoms with Crippen LogP contribution in [-0.4, -0.2) is 45.5 Å². The minimum absolute atomic E-state index is 0.0899. The number of anilines is 1. The molecule has 0 radical (unpaired) electrons. The average Bonchev–Trinajstić information content (AvgIpc) is 2.95. The molecule has 1 atom stereocenters. The molecule has 1 unspecified atom stereocenters. The maximum Gasteiger partial charge on any atom is 0.143 e. The van der Waals surface area contributed by atoms with E-state index in [2.05, 4.69) is 10.2 Å². The summed E-state index contributed by atoms with van der Waals surface area (Å²) < 4.78 is 24.8. The largest absolute Gasteiger partial charge is 0.486 e. The third-order valence-corrected chi connectivity index (χ3v) is 3.56. The molecule has 2 saturated heterocycles. The third-order valence-electron chi connectivity index (χ3n) is 3.56. The highest BCUT2D eigenvalue weighted by molar-refractivity contribution is 5.59. The van der Waals surface area contributed by atoms with Gasteiger partial charge in [-0.15, -0.1) is 0 Å². The number of hydrogen-bond donors (Lipinski definition) is 1. The van der Waals surface area contributed by atoms with E-state index < -0.39 is 0 Å². The average molecular weight is 266 g/mol. The molecule has 5 heteroatoms. The lowest BCUT2D eigenvalue weighted by Gasteiger charge is -2.31. The lowest BCUT2D eigenvalue weighted by molar-refractivity contribution is 0.141. The van der Waals surface area contributed by atoms with E-state index in [-0.39, 0.29) is 11.9 Å². The van der Waals surface area contributed by atoms with Gasteiger partial charge in [0.1, 0.15) is 17.7 Å². The van der Waals surface area contributed by atoms with Crippen LogP contribution in [0.4, 0.5) is 10.1 Å². The van der Waals surface area contributed by atoms with Crippen molar-refractivity contribution in [2.24, 2.45) is 0 Å². The van der Waals surface area contributed by atoms with Gasteiger partial charge < -0.3 is 19.7 Å². The summed E-state index contributed by atoms with van der Waals surface area (Å²) in [6, 6.07) is 4.75. The Morgan fingerprint density at radius 2 is 2.16 bits per heavy atom. The smallest absolute Gasteiger partial charge is 0.143 e. The van der Waals surface area contributed by atoms with Crippen LogP contribution in [0.15, 0.2) is 18.2 Å². The number of rotatable bonds is 3. The number of ether oxygens (including phenoxy) is 2. The molecule has 1 aromatic rings. The monoisotopic (exact) mass is 266 g/mol. The molecule has 0 amide bonds. The van der Waals surface area contributed by atoms with Crippen molar-refractivity contribution in [1.29, 1.82) is 0 Å². The van der Waals surface area contributed by atoms with Crippen LogP contribution < -0.4 is 15.0 Å². The van der Waals surface area contributed by atoms with Crippen LogP contribution in [0.3, 0.4) is 0 Å². The van der Waals surface area contributed by atoms with Crippen molar-refractivity contribution in [3.05, 3.63) is 24.0 Å². The molecule has 19 heavy (non-hydrogen) atoms. The van der Waals surface area contributed by atoms with Crippen LogP contribution in [0.1, 0.15) is 6.42 Å². The Labute approximate surface area is 112 Å². The first-order valence-electron chi connectivity index (χ1n) is 6.82. The second-order valence-electron chi connectivity index (χ2n) is 4.95. The summed E-state index contributed by atoms with van der Waals surface area (Å²) in [4.78, 5) is 2.17. The summed E-state index contributed by atoms with van der Waals surface area (Å²) in [5, 5.41) is 3.30. The number of nitrogens with zero attached hydrogens (tertiary/aromatic N) is 1. The molecule has 2 heterocycles. The summed E-state index contributed by atoms with van der Waals surface area (Å²) >= 11 is 0. The molecule has 0 aliphatic carbocycles. The van der Waals surface area contributed by atoms with E-state index in [0.717, 1.165) is 50.6 Å². The van der Waals surface area contributed by atoms with Gasteiger partial charge in [0, 0.05) is 38.7 Å². The van der Waals surface area contributed by atoms with Gasteiger partial charge in [-0.3, -0.25) is 0 Å². The molecule has 2 aliphatic heterocycles. The van der Waals surface area contributed by atoms with Crippen LogP contribution >= 0.6 is 0 Å². The van der Waals surface area contributed by atoms with E-state index in [1.807, 2.05) is 0 Å². The first kappa shape index (κ1) is 12.7. The topological polar surface area (TPSA) is 33.7 Å². The van der Waals surface area contributed by atoms with Gasteiger partial charge in [-0.2, -0.15) is 0 Å². The van der Waals surface area contributed by atoms with Crippen molar-refractivity contribution in [2.75, 3.05) is 44.3 Å². The molecule has 0 aromatic heterocycles. The second-order valence-corrected chi connectivity index (χ2v) is 4.95. The van der Waals surface area contributed by atoms with Gasteiger partial charge in [-0.05, 0) is 12.1 Å². The summed E-state index contributed by atoms with van der Waals surface area (Å²) in [7, 11) is 0. The molecule has 0 bridgehead atoms. The highest BCUT2D eigenvalue weighted by Crippen LogP contribution is 2.31.